The minimum atomic E-state index is -0.584. The second-order valence-electron chi connectivity index (χ2n) is 5.32. The third-order valence-electron chi connectivity index (χ3n) is 3.74. The summed E-state index contributed by atoms with van der Waals surface area (Å²) in [7, 11) is 1.61. The topological polar surface area (TPSA) is 61.4 Å². The van der Waals surface area contributed by atoms with E-state index in [2.05, 4.69) is 10.6 Å². The Labute approximate surface area is 133 Å². The molecule has 7 heteroatoms. The molecule has 0 saturated carbocycles. The van der Waals surface area contributed by atoms with Crippen molar-refractivity contribution in [3.8, 4) is 0 Å². The summed E-state index contributed by atoms with van der Waals surface area (Å²) in [5, 5.41) is 5.74. The first-order valence-electron chi connectivity index (χ1n) is 7.18. The molecule has 5 nitrogen and oxygen atoms in total. The predicted octanol–water partition coefficient (Wildman–Crippen LogP) is 1.42. The Morgan fingerprint density at radius 3 is 2.68 bits per heavy atom. The van der Waals surface area contributed by atoms with Crippen molar-refractivity contribution in [1.29, 1.82) is 0 Å². The smallest absolute Gasteiger partial charge is 0.254 e. The molecule has 0 aromatic heterocycles. The maximum Gasteiger partial charge on any atom is 0.254 e. The third kappa shape index (κ3) is 4.42. The van der Waals surface area contributed by atoms with Gasteiger partial charge in [0.05, 0.1) is 12.1 Å². The van der Waals surface area contributed by atoms with Gasteiger partial charge >= 0.3 is 0 Å². The number of carbonyl (C=O) groups excluding carboxylic acids is 2. The van der Waals surface area contributed by atoms with Crippen molar-refractivity contribution in [2.45, 2.75) is 18.9 Å². The highest BCUT2D eigenvalue weighted by Crippen LogP contribution is 2.16. The van der Waals surface area contributed by atoms with Crippen molar-refractivity contribution < 1.29 is 14.0 Å². The molecule has 1 aliphatic heterocycles. The predicted molar refractivity (Wildman–Crippen MR) is 82.4 cm³/mol. The Bertz CT molecular complexity index is 560. The maximum atomic E-state index is 13.6. The first-order chi connectivity index (χ1) is 10.5. The molecule has 0 aliphatic carbocycles. The molecule has 2 rings (SSSR count). The molecule has 22 heavy (non-hydrogen) atoms. The lowest BCUT2D eigenvalue weighted by Crippen LogP contribution is -2.47. The van der Waals surface area contributed by atoms with Gasteiger partial charge in [-0.3, -0.25) is 14.5 Å². The lowest BCUT2D eigenvalue weighted by Gasteiger charge is -2.31. The molecule has 1 aromatic carbocycles. The van der Waals surface area contributed by atoms with Gasteiger partial charge in [-0.2, -0.15) is 0 Å². The molecule has 1 fully saturated rings. The van der Waals surface area contributed by atoms with Crippen molar-refractivity contribution in [3.05, 3.63) is 34.6 Å². The molecule has 120 valence electrons. The molecular weight excluding hydrogens is 309 g/mol. The van der Waals surface area contributed by atoms with Gasteiger partial charge in [0.25, 0.3) is 5.91 Å². The van der Waals surface area contributed by atoms with Gasteiger partial charge in [0.15, 0.2) is 0 Å². The number of nitrogens with zero attached hydrogens (tertiary/aromatic N) is 1. The Morgan fingerprint density at radius 2 is 2.05 bits per heavy atom. The standard InChI is InChI=1S/C15H19ClFN3O2/c1-18-14(21)9-20-6-4-11(5-7-20)19-15(22)12-8-10(16)2-3-13(12)17/h2-3,8,11H,4-7,9H2,1H3,(H,18,21)(H,19,22). The van der Waals surface area contributed by atoms with E-state index in [9.17, 15) is 14.0 Å². The average Bonchev–Trinajstić information content (AvgIpc) is 2.51. The molecule has 0 atom stereocenters. The molecule has 2 N–H and O–H groups in total. The molecule has 1 aliphatic rings. The van der Waals surface area contributed by atoms with E-state index in [0.717, 1.165) is 25.9 Å². The van der Waals surface area contributed by atoms with Gasteiger partial charge < -0.3 is 10.6 Å². The Morgan fingerprint density at radius 1 is 1.36 bits per heavy atom. The van der Waals surface area contributed by atoms with E-state index in [4.69, 9.17) is 11.6 Å². The highest BCUT2D eigenvalue weighted by Gasteiger charge is 2.23. The second kappa shape index (κ2) is 7.56. The minimum Gasteiger partial charge on any atom is -0.358 e. The summed E-state index contributed by atoms with van der Waals surface area (Å²) in [6, 6.07) is 3.90. The molecule has 0 unspecified atom stereocenters. The van der Waals surface area contributed by atoms with Crippen LogP contribution >= 0.6 is 11.6 Å². The van der Waals surface area contributed by atoms with Crippen molar-refractivity contribution >= 4 is 23.4 Å². The van der Waals surface area contributed by atoms with Crippen LogP contribution in [0.3, 0.4) is 0 Å². The number of piperidine rings is 1. The van der Waals surface area contributed by atoms with Crippen LogP contribution < -0.4 is 10.6 Å². The minimum absolute atomic E-state index is 0.0215. The number of benzene rings is 1. The van der Waals surface area contributed by atoms with Crippen LogP contribution in [0.4, 0.5) is 4.39 Å². The van der Waals surface area contributed by atoms with Crippen LogP contribution in [0.25, 0.3) is 0 Å². The first-order valence-corrected chi connectivity index (χ1v) is 7.56. The van der Waals surface area contributed by atoms with Crippen LogP contribution in [0.15, 0.2) is 18.2 Å². The van der Waals surface area contributed by atoms with Crippen LogP contribution in [0.2, 0.25) is 5.02 Å². The van der Waals surface area contributed by atoms with Crippen LogP contribution in [-0.2, 0) is 4.79 Å². The van der Waals surface area contributed by atoms with Crippen molar-refractivity contribution in [1.82, 2.24) is 15.5 Å². The van der Waals surface area contributed by atoms with Crippen LogP contribution in [0, 0.1) is 5.82 Å². The Hall–Kier alpha value is -1.66. The number of likely N-dealkylation sites (tertiary alicyclic amines) is 1. The average molecular weight is 328 g/mol. The van der Waals surface area contributed by atoms with E-state index in [1.54, 1.807) is 7.05 Å². The van der Waals surface area contributed by atoms with Gasteiger partial charge in [-0.25, -0.2) is 4.39 Å². The molecule has 1 saturated heterocycles. The van der Waals surface area contributed by atoms with Gasteiger partial charge in [-0.1, -0.05) is 11.6 Å². The molecule has 2 amide bonds. The van der Waals surface area contributed by atoms with Crippen molar-refractivity contribution in [3.63, 3.8) is 0 Å². The number of nitrogens with one attached hydrogen (secondary N) is 2. The summed E-state index contributed by atoms with van der Waals surface area (Å²) in [5.41, 5.74) is -0.0414. The van der Waals surface area contributed by atoms with E-state index < -0.39 is 11.7 Å². The largest absolute Gasteiger partial charge is 0.358 e. The zero-order valence-electron chi connectivity index (χ0n) is 12.4. The highest BCUT2D eigenvalue weighted by atomic mass is 35.5. The number of amides is 2. The van der Waals surface area contributed by atoms with Crippen LogP contribution in [-0.4, -0.2) is 49.4 Å². The second-order valence-corrected chi connectivity index (χ2v) is 5.76. The zero-order valence-corrected chi connectivity index (χ0v) is 13.1. The number of halogens is 2. The number of hydrogen-bond donors (Lipinski definition) is 2. The lowest BCUT2D eigenvalue weighted by atomic mass is 10.0. The van der Waals surface area contributed by atoms with E-state index in [0.29, 0.717) is 11.6 Å². The summed E-state index contributed by atoms with van der Waals surface area (Å²) >= 11 is 5.79. The number of carbonyl (C=O) groups is 2. The third-order valence-corrected chi connectivity index (χ3v) is 3.98. The van der Waals surface area contributed by atoms with E-state index >= 15 is 0 Å². The quantitative estimate of drug-likeness (QED) is 0.879. The van der Waals surface area contributed by atoms with E-state index in [1.165, 1.54) is 18.2 Å². The van der Waals surface area contributed by atoms with Gasteiger partial charge in [0.2, 0.25) is 5.91 Å². The fraction of sp³-hybridized carbons (Fsp3) is 0.467. The molecular formula is C15H19ClFN3O2. The Kier molecular flexibility index (Phi) is 5.74. The van der Waals surface area contributed by atoms with Gasteiger partial charge in [-0.05, 0) is 31.0 Å². The highest BCUT2D eigenvalue weighted by molar-refractivity contribution is 6.31. The number of hydrogen-bond acceptors (Lipinski definition) is 3. The summed E-state index contributed by atoms with van der Waals surface area (Å²) in [5.74, 6) is -1.06. The van der Waals surface area contributed by atoms with Crippen molar-refractivity contribution in [2.75, 3.05) is 26.7 Å². The summed E-state index contributed by atoms with van der Waals surface area (Å²) < 4.78 is 13.6. The summed E-state index contributed by atoms with van der Waals surface area (Å²) in [4.78, 5) is 25.5. The molecule has 1 aromatic rings. The maximum absolute atomic E-state index is 13.6. The number of likely N-dealkylation sites (N-methyl/N-ethyl adjacent to an activating group) is 1. The number of rotatable bonds is 4. The fourth-order valence-electron chi connectivity index (χ4n) is 2.45. The van der Waals surface area contributed by atoms with Crippen LogP contribution in [0.5, 0.6) is 0 Å². The van der Waals surface area contributed by atoms with Crippen LogP contribution in [0.1, 0.15) is 23.2 Å². The molecule has 1 heterocycles. The van der Waals surface area contributed by atoms with Gasteiger partial charge in [0, 0.05) is 31.2 Å². The monoisotopic (exact) mass is 327 g/mol. The first kappa shape index (κ1) is 16.7. The lowest BCUT2D eigenvalue weighted by molar-refractivity contribution is -0.122. The van der Waals surface area contributed by atoms with E-state index in [-0.39, 0.29) is 17.5 Å². The van der Waals surface area contributed by atoms with E-state index in [1.807, 2.05) is 4.90 Å². The Balaban J connectivity index is 1.86. The SMILES string of the molecule is CNC(=O)CN1CCC(NC(=O)c2cc(Cl)ccc2F)CC1. The molecule has 0 bridgehead atoms. The van der Waals surface area contributed by atoms with Gasteiger partial charge in [-0.15, -0.1) is 0 Å². The van der Waals surface area contributed by atoms with Crippen molar-refractivity contribution in [2.24, 2.45) is 0 Å². The molecule has 0 radical (unpaired) electrons. The zero-order chi connectivity index (χ0) is 16.1. The fourth-order valence-corrected chi connectivity index (χ4v) is 2.62. The normalized spacial score (nSPS) is 16.3. The molecule has 0 spiro atoms. The summed E-state index contributed by atoms with van der Waals surface area (Å²) in [6.45, 7) is 1.80. The van der Waals surface area contributed by atoms with Gasteiger partial charge in [0.1, 0.15) is 5.82 Å². The summed E-state index contributed by atoms with van der Waals surface area (Å²) in [6.07, 6.45) is 1.45.